The van der Waals surface area contributed by atoms with Crippen LogP contribution in [0.4, 0.5) is 17.6 Å². The van der Waals surface area contributed by atoms with Gasteiger partial charge in [-0.1, -0.05) is 6.07 Å². The Labute approximate surface area is 134 Å². The first-order chi connectivity index (χ1) is 11.3. The minimum atomic E-state index is -4.70. The molecule has 1 aromatic carbocycles. The number of benzene rings is 1. The summed E-state index contributed by atoms with van der Waals surface area (Å²) in [4.78, 5) is 11.0. The average Bonchev–Trinajstić information content (AvgIpc) is 2.87. The molecule has 128 valence electrons. The second-order valence-electron chi connectivity index (χ2n) is 5.79. The third kappa shape index (κ3) is 3.00. The molecule has 0 saturated carbocycles. The van der Waals surface area contributed by atoms with Gasteiger partial charge in [0.05, 0.1) is 12.1 Å². The van der Waals surface area contributed by atoms with Gasteiger partial charge >= 0.3 is 12.1 Å². The lowest BCUT2D eigenvalue weighted by Gasteiger charge is -2.23. The first kappa shape index (κ1) is 16.5. The summed E-state index contributed by atoms with van der Waals surface area (Å²) in [7, 11) is 0. The molecule has 1 atom stereocenters. The molecule has 1 unspecified atom stereocenters. The predicted molar refractivity (Wildman–Crippen MR) is 76.5 cm³/mol. The number of aliphatic carboxylic acids is 1. The van der Waals surface area contributed by atoms with Gasteiger partial charge in [-0.15, -0.1) is 0 Å². The summed E-state index contributed by atoms with van der Waals surface area (Å²) in [5.74, 6) is -2.48. The normalized spacial score (nSPS) is 17.6. The van der Waals surface area contributed by atoms with Gasteiger partial charge < -0.3 is 5.11 Å². The number of alkyl halides is 3. The largest absolute Gasteiger partial charge is 0.481 e. The zero-order valence-corrected chi connectivity index (χ0v) is 12.5. The Balaban J connectivity index is 2.19. The van der Waals surface area contributed by atoms with E-state index in [1.54, 1.807) is 0 Å². The third-order valence-corrected chi connectivity index (χ3v) is 4.14. The maximum Gasteiger partial charge on any atom is 0.435 e. The number of hydrogen-bond donors (Lipinski definition) is 1. The van der Waals surface area contributed by atoms with Crippen molar-refractivity contribution >= 4 is 5.97 Å². The SMILES string of the molecule is O=C(O)CC1CCCc2c1c(C(F)(F)F)nn2-c1cccc(F)c1. The van der Waals surface area contributed by atoms with Crippen molar-refractivity contribution < 1.29 is 27.5 Å². The summed E-state index contributed by atoms with van der Waals surface area (Å²) in [6, 6.07) is 5.16. The average molecular weight is 342 g/mol. The fourth-order valence-electron chi connectivity index (χ4n) is 3.24. The standard InChI is InChI=1S/C16H14F4N2O2/c17-10-4-2-5-11(8-10)22-12-6-1-3-9(7-13(23)24)14(12)15(21-22)16(18,19)20/h2,4-5,8-9H,1,3,6-7H2,(H,23,24). The molecule has 4 nitrogen and oxygen atoms in total. The van der Waals surface area contributed by atoms with Crippen molar-refractivity contribution in [1.29, 1.82) is 0 Å². The maximum atomic E-state index is 13.4. The fraction of sp³-hybridized carbons (Fsp3) is 0.375. The number of carbonyl (C=O) groups is 1. The molecule has 8 heteroatoms. The van der Waals surface area contributed by atoms with Crippen molar-refractivity contribution in [3.63, 3.8) is 0 Å². The van der Waals surface area contributed by atoms with Crippen molar-refractivity contribution in [1.82, 2.24) is 9.78 Å². The minimum Gasteiger partial charge on any atom is -0.481 e. The van der Waals surface area contributed by atoms with Gasteiger partial charge in [-0.2, -0.15) is 18.3 Å². The summed E-state index contributed by atoms with van der Waals surface area (Å²) in [5.41, 5.74) is -0.642. The molecular formula is C16H14F4N2O2. The zero-order chi connectivity index (χ0) is 17.5. The van der Waals surface area contributed by atoms with E-state index < -0.39 is 29.6 Å². The van der Waals surface area contributed by atoms with E-state index in [1.807, 2.05) is 0 Å². The molecule has 3 rings (SSSR count). The van der Waals surface area contributed by atoms with Gasteiger partial charge in [0, 0.05) is 11.3 Å². The number of fused-ring (bicyclic) bond motifs is 1. The highest BCUT2D eigenvalue weighted by Gasteiger charge is 2.42. The minimum absolute atomic E-state index is 0.0691. The molecule has 0 fully saturated rings. The Kier molecular flexibility index (Phi) is 4.06. The molecule has 0 spiro atoms. The van der Waals surface area contributed by atoms with Gasteiger partial charge in [0.1, 0.15) is 5.82 Å². The summed E-state index contributed by atoms with van der Waals surface area (Å²) >= 11 is 0. The second kappa shape index (κ2) is 5.92. The van der Waals surface area contributed by atoms with Crippen LogP contribution in [0, 0.1) is 5.82 Å². The Morgan fingerprint density at radius 2 is 2.12 bits per heavy atom. The van der Waals surface area contributed by atoms with E-state index in [2.05, 4.69) is 5.10 Å². The molecule has 0 radical (unpaired) electrons. The lowest BCUT2D eigenvalue weighted by molar-refractivity contribution is -0.143. The van der Waals surface area contributed by atoms with Gasteiger partial charge in [-0.05, 0) is 43.4 Å². The van der Waals surface area contributed by atoms with E-state index in [0.29, 0.717) is 25.0 Å². The number of aromatic nitrogens is 2. The van der Waals surface area contributed by atoms with E-state index in [-0.39, 0.29) is 17.7 Å². The third-order valence-electron chi connectivity index (χ3n) is 4.14. The van der Waals surface area contributed by atoms with Crippen molar-refractivity contribution in [3.8, 4) is 5.69 Å². The summed E-state index contributed by atoms with van der Waals surface area (Å²) < 4.78 is 54.7. The van der Waals surface area contributed by atoms with Gasteiger partial charge in [0.25, 0.3) is 0 Å². The van der Waals surface area contributed by atoms with Crippen LogP contribution in [0.25, 0.3) is 5.69 Å². The summed E-state index contributed by atoms with van der Waals surface area (Å²) in [6.45, 7) is 0. The van der Waals surface area contributed by atoms with Crippen LogP contribution in [0.2, 0.25) is 0 Å². The number of halogens is 4. The van der Waals surface area contributed by atoms with Crippen molar-refractivity contribution in [2.24, 2.45) is 0 Å². The van der Waals surface area contributed by atoms with Crippen LogP contribution in [0.1, 0.15) is 42.1 Å². The Morgan fingerprint density at radius 1 is 1.38 bits per heavy atom. The van der Waals surface area contributed by atoms with Gasteiger partial charge in [-0.25, -0.2) is 9.07 Å². The Morgan fingerprint density at radius 3 is 2.75 bits per heavy atom. The number of nitrogens with zero attached hydrogens (tertiary/aromatic N) is 2. The maximum absolute atomic E-state index is 13.4. The highest BCUT2D eigenvalue weighted by molar-refractivity contribution is 5.68. The molecule has 0 saturated heterocycles. The number of hydrogen-bond acceptors (Lipinski definition) is 2. The van der Waals surface area contributed by atoms with Crippen LogP contribution in [0.5, 0.6) is 0 Å². The van der Waals surface area contributed by atoms with Gasteiger partial charge in [0.2, 0.25) is 0 Å². The number of carboxylic acids is 1. The molecule has 0 bridgehead atoms. The lowest BCUT2D eigenvalue weighted by Crippen LogP contribution is -2.18. The van der Waals surface area contributed by atoms with E-state index in [4.69, 9.17) is 5.11 Å². The molecule has 1 N–H and O–H groups in total. The zero-order valence-electron chi connectivity index (χ0n) is 12.5. The van der Waals surface area contributed by atoms with Crippen LogP contribution < -0.4 is 0 Å². The van der Waals surface area contributed by atoms with Crippen LogP contribution >= 0.6 is 0 Å². The predicted octanol–water partition coefficient (Wildman–Crippen LogP) is 3.92. The fourth-order valence-corrected chi connectivity index (χ4v) is 3.24. The molecule has 1 aliphatic carbocycles. The molecule has 0 aliphatic heterocycles. The van der Waals surface area contributed by atoms with Crippen molar-refractivity contribution in [2.75, 3.05) is 0 Å². The second-order valence-corrected chi connectivity index (χ2v) is 5.79. The first-order valence-corrected chi connectivity index (χ1v) is 7.44. The van der Waals surface area contributed by atoms with Crippen molar-refractivity contribution in [3.05, 3.63) is 47.0 Å². The van der Waals surface area contributed by atoms with Crippen LogP contribution in [0.3, 0.4) is 0 Å². The van der Waals surface area contributed by atoms with E-state index in [9.17, 15) is 22.4 Å². The first-order valence-electron chi connectivity index (χ1n) is 7.44. The Bertz CT molecular complexity index is 783. The topological polar surface area (TPSA) is 55.1 Å². The van der Waals surface area contributed by atoms with Crippen LogP contribution in [0.15, 0.2) is 24.3 Å². The molecule has 24 heavy (non-hydrogen) atoms. The highest BCUT2D eigenvalue weighted by Crippen LogP contribution is 2.43. The quantitative estimate of drug-likeness (QED) is 0.860. The smallest absolute Gasteiger partial charge is 0.435 e. The highest BCUT2D eigenvalue weighted by atomic mass is 19.4. The van der Waals surface area contributed by atoms with Crippen LogP contribution in [-0.2, 0) is 17.4 Å². The molecule has 1 heterocycles. The van der Waals surface area contributed by atoms with E-state index >= 15 is 0 Å². The monoisotopic (exact) mass is 342 g/mol. The molecule has 2 aromatic rings. The van der Waals surface area contributed by atoms with Crippen molar-refractivity contribution in [2.45, 2.75) is 37.8 Å². The summed E-state index contributed by atoms with van der Waals surface area (Å²) in [6.07, 6.45) is -3.83. The number of rotatable bonds is 3. The van der Waals surface area contributed by atoms with E-state index in [1.165, 1.54) is 18.2 Å². The molecular weight excluding hydrogens is 328 g/mol. The summed E-state index contributed by atoms with van der Waals surface area (Å²) in [5, 5.41) is 12.7. The lowest BCUT2D eigenvalue weighted by atomic mass is 9.83. The number of carboxylic acid groups (broad SMARTS) is 1. The van der Waals surface area contributed by atoms with Gasteiger partial charge in [0.15, 0.2) is 5.69 Å². The molecule has 1 aromatic heterocycles. The van der Waals surface area contributed by atoms with E-state index in [0.717, 1.165) is 10.7 Å². The van der Waals surface area contributed by atoms with Crippen LogP contribution in [-0.4, -0.2) is 20.9 Å². The molecule has 1 aliphatic rings. The van der Waals surface area contributed by atoms with Gasteiger partial charge in [-0.3, -0.25) is 4.79 Å². The molecule has 0 amide bonds. The Hall–Kier alpha value is -2.38.